The van der Waals surface area contributed by atoms with Gasteiger partial charge in [-0.05, 0) is 40.9 Å². The molecular weight excluding hydrogens is 302 g/mol. The molecule has 2 heterocycles. The van der Waals surface area contributed by atoms with Gasteiger partial charge in [-0.2, -0.15) is 0 Å². The number of hydrogen-bond donors (Lipinski definition) is 1. The van der Waals surface area contributed by atoms with Crippen molar-refractivity contribution in [2.45, 2.75) is 18.9 Å². The lowest BCUT2D eigenvalue weighted by Crippen LogP contribution is -2.43. The van der Waals surface area contributed by atoms with Crippen molar-refractivity contribution >= 4 is 39.0 Å². The Kier molecular flexibility index (Phi) is 3.73. The molecule has 0 bridgehead atoms. The Morgan fingerprint density at radius 2 is 2.41 bits per heavy atom. The van der Waals surface area contributed by atoms with Crippen molar-refractivity contribution in [1.29, 1.82) is 0 Å². The molecule has 2 rings (SSSR count). The molecule has 1 fully saturated rings. The van der Waals surface area contributed by atoms with Crippen molar-refractivity contribution in [3.63, 3.8) is 0 Å². The van der Waals surface area contributed by atoms with E-state index in [0.29, 0.717) is 21.7 Å². The molecule has 1 amide bonds. The largest absolute Gasteiger partial charge is 0.392 e. The van der Waals surface area contributed by atoms with Gasteiger partial charge in [0, 0.05) is 17.2 Å². The van der Waals surface area contributed by atoms with Crippen LogP contribution in [0.5, 0.6) is 0 Å². The number of pyridine rings is 1. The zero-order valence-electron chi connectivity index (χ0n) is 9.10. The molecule has 17 heavy (non-hydrogen) atoms. The fraction of sp³-hybridized carbons (Fsp3) is 0.364. The Morgan fingerprint density at radius 3 is 3.06 bits per heavy atom. The minimum atomic E-state index is -0.133. The molecule has 6 heteroatoms. The molecule has 4 nitrogen and oxygen atoms in total. The van der Waals surface area contributed by atoms with Crippen molar-refractivity contribution in [2.75, 3.05) is 6.54 Å². The standard InChI is InChI=1S/C11H12BrN3OS/c12-7-3-1-5-14-9(7)11(16)15-6-2-4-8(15)10(13)17/h1,3,5,8H,2,4,6H2,(H2,13,17). The predicted octanol–water partition coefficient (Wildman–Crippen LogP) is 1.73. The summed E-state index contributed by atoms with van der Waals surface area (Å²) in [5.41, 5.74) is 6.06. The van der Waals surface area contributed by atoms with E-state index in [0.717, 1.165) is 12.8 Å². The lowest BCUT2D eigenvalue weighted by atomic mass is 10.2. The van der Waals surface area contributed by atoms with Crippen molar-refractivity contribution in [3.8, 4) is 0 Å². The second kappa shape index (κ2) is 5.10. The van der Waals surface area contributed by atoms with Crippen LogP contribution in [0.25, 0.3) is 0 Å². The predicted molar refractivity (Wildman–Crippen MR) is 72.8 cm³/mol. The molecule has 90 valence electrons. The smallest absolute Gasteiger partial charge is 0.274 e. The van der Waals surface area contributed by atoms with E-state index in [1.807, 2.05) is 0 Å². The summed E-state index contributed by atoms with van der Waals surface area (Å²) in [6.07, 6.45) is 3.37. The number of carbonyl (C=O) groups excluding carboxylic acids is 1. The van der Waals surface area contributed by atoms with Gasteiger partial charge < -0.3 is 10.6 Å². The summed E-state index contributed by atoms with van der Waals surface area (Å²) in [5.74, 6) is -0.118. The van der Waals surface area contributed by atoms with Crippen LogP contribution in [0.4, 0.5) is 0 Å². The summed E-state index contributed by atoms with van der Waals surface area (Å²) in [6, 6.07) is 3.44. The molecule has 1 aromatic heterocycles. The molecule has 1 unspecified atom stereocenters. The third-order valence-corrected chi connectivity index (χ3v) is 3.72. The molecule has 1 aliphatic rings. The average Bonchev–Trinajstić information content (AvgIpc) is 2.77. The van der Waals surface area contributed by atoms with Gasteiger partial charge in [-0.1, -0.05) is 12.2 Å². The minimum Gasteiger partial charge on any atom is -0.392 e. The quantitative estimate of drug-likeness (QED) is 0.845. The topological polar surface area (TPSA) is 59.2 Å². The fourth-order valence-electron chi connectivity index (χ4n) is 1.98. The summed E-state index contributed by atoms with van der Waals surface area (Å²) in [6.45, 7) is 0.684. The number of nitrogens with two attached hydrogens (primary N) is 1. The average molecular weight is 314 g/mol. The monoisotopic (exact) mass is 313 g/mol. The third kappa shape index (κ3) is 2.47. The van der Waals surface area contributed by atoms with Gasteiger partial charge in [0.05, 0.1) is 11.0 Å². The lowest BCUT2D eigenvalue weighted by molar-refractivity contribution is 0.0763. The van der Waals surface area contributed by atoms with Crippen LogP contribution >= 0.6 is 28.1 Å². The van der Waals surface area contributed by atoms with Crippen molar-refractivity contribution in [3.05, 3.63) is 28.5 Å². The number of amides is 1. The second-order valence-corrected chi connectivity index (χ2v) is 5.22. The maximum atomic E-state index is 12.3. The van der Waals surface area contributed by atoms with E-state index < -0.39 is 0 Å². The highest BCUT2D eigenvalue weighted by Crippen LogP contribution is 2.22. The number of likely N-dealkylation sites (tertiary alicyclic amines) is 1. The van der Waals surface area contributed by atoms with Crippen molar-refractivity contribution in [2.24, 2.45) is 5.73 Å². The summed E-state index contributed by atoms with van der Waals surface area (Å²) in [5, 5.41) is 0. The Morgan fingerprint density at radius 1 is 1.65 bits per heavy atom. The number of aromatic nitrogens is 1. The fourth-order valence-corrected chi connectivity index (χ4v) is 2.65. The van der Waals surface area contributed by atoms with Crippen LogP contribution in [-0.2, 0) is 0 Å². The van der Waals surface area contributed by atoms with Crippen LogP contribution in [0.2, 0.25) is 0 Å². The number of rotatable bonds is 2. The molecule has 1 atom stereocenters. The SMILES string of the molecule is NC(=S)C1CCCN1C(=O)c1ncccc1Br. The molecule has 1 saturated heterocycles. The normalized spacial score (nSPS) is 19.4. The van der Waals surface area contributed by atoms with Crippen LogP contribution in [-0.4, -0.2) is 33.4 Å². The van der Waals surface area contributed by atoms with Gasteiger partial charge >= 0.3 is 0 Å². The molecule has 1 aromatic rings. The van der Waals surface area contributed by atoms with Crippen LogP contribution in [0.3, 0.4) is 0 Å². The van der Waals surface area contributed by atoms with E-state index in [4.69, 9.17) is 18.0 Å². The van der Waals surface area contributed by atoms with Crippen LogP contribution in [0.1, 0.15) is 23.3 Å². The Hall–Kier alpha value is -1.01. The van der Waals surface area contributed by atoms with Crippen LogP contribution < -0.4 is 5.73 Å². The highest BCUT2D eigenvalue weighted by Gasteiger charge is 2.32. The second-order valence-electron chi connectivity index (χ2n) is 3.89. The zero-order valence-corrected chi connectivity index (χ0v) is 11.5. The Bertz CT molecular complexity index is 466. The van der Waals surface area contributed by atoms with Gasteiger partial charge in [0.25, 0.3) is 5.91 Å². The summed E-state index contributed by atoms with van der Waals surface area (Å²) in [7, 11) is 0. The maximum absolute atomic E-state index is 12.3. The van der Waals surface area contributed by atoms with Gasteiger partial charge in [-0.3, -0.25) is 4.79 Å². The number of thiocarbonyl (C=S) groups is 1. The number of halogens is 1. The number of nitrogens with zero attached hydrogens (tertiary/aromatic N) is 2. The van der Waals surface area contributed by atoms with Crippen molar-refractivity contribution in [1.82, 2.24) is 9.88 Å². The maximum Gasteiger partial charge on any atom is 0.274 e. The molecule has 0 spiro atoms. The van der Waals surface area contributed by atoms with E-state index in [9.17, 15) is 4.79 Å². The van der Waals surface area contributed by atoms with Crippen molar-refractivity contribution < 1.29 is 4.79 Å². The molecule has 0 aromatic carbocycles. The first kappa shape index (κ1) is 12.4. The van der Waals surface area contributed by atoms with E-state index in [-0.39, 0.29) is 11.9 Å². The van der Waals surface area contributed by atoms with Gasteiger partial charge in [-0.25, -0.2) is 4.98 Å². The highest BCUT2D eigenvalue weighted by molar-refractivity contribution is 9.10. The first-order valence-electron chi connectivity index (χ1n) is 5.32. The highest BCUT2D eigenvalue weighted by atomic mass is 79.9. The first-order chi connectivity index (χ1) is 8.11. The first-order valence-corrected chi connectivity index (χ1v) is 6.52. The lowest BCUT2D eigenvalue weighted by Gasteiger charge is -2.23. The van der Waals surface area contributed by atoms with Crippen LogP contribution in [0, 0.1) is 0 Å². The summed E-state index contributed by atoms with van der Waals surface area (Å²) in [4.78, 5) is 18.5. The van der Waals surface area contributed by atoms with E-state index >= 15 is 0 Å². The molecular formula is C11H12BrN3OS. The Balaban J connectivity index is 2.26. The molecule has 0 radical (unpaired) electrons. The van der Waals surface area contributed by atoms with E-state index in [2.05, 4.69) is 20.9 Å². The van der Waals surface area contributed by atoms with Gasteiger partial charge in [0.15, 0.2) is 0 Å². The molecule has 1 aliphatic heterocycles. The zero-order chi connectivity index (χ0) is 12.4. The Labute approximate surface area is 113 Å². The third-order valence-electron chi connectivity index (χ3n) is 2.80. The molecule has 0 saturated carbocycles. The molecule has 2 N–H and O–H groups in total. The van der Waals surface area contributed by atoms with E-state index in [1.165, 1.54) is 0 Å². The minimum absolute atomic E-state index is 0.118. The van der Waals surface area contributed by atoms with Crippen LogP contribution in [0.15, 0.2) is 22.8 Å². The number of carbonyl (C=O) groups is 1. The van der Waals surface area contributed by atoms with Gasteiger partial charge in [0.2, 0.25) is 0 Å². The van der Waals surface area contributed by atoms with E-state index in [1.54, 1.807) is 23.2 Å². The molecule has 0 aliphatic carbocycles. The van der Waals surface area contributed by atoms with Gasteiger partial charge in [-0.15, -0.1) is 0 Å². The summed E-state index contributed by atoms with van der Waals surface area (Å²) < 4.78 is 0.693. The van der Waals surface area contributed by atoms with Gasteiger partial charge in [0.1, 0.15) is 5.69 Å². The summed E-state index contributed by atoms with van der Waals surface area (Å²) >= 11 is 8.31. The number of hydrogen-bond acceptors (Lipinski definition) is 3.